The van der Waals surface area contributed by atoms with Gasteiger partial charge in [0, 0.05) is 5.69 Å². The van der Waals surface area contributed by atoms with E-state index in [1.807, 2.05) is 13.0 Å². The molecule has 0 aliphatic carbocycles. The maximum absolute atomic E-state index is 13.0. The predicted molar refractivity (Wildman–Crippen MR) is 116 cm³/mol. The van der Waals surface area contributed by atoms with E-state index in [0.717, 1.165) is 11.6 Å². The average molecular weight is 440 g/mol. The minimum atomic E-state index is -4.27. The number of hydrogen-bond donors (Lipinski definition) is 3. The number of carbonyl (C=O) groups excluding carboxylic acids is 1. The summed E-state index contributed by atoms with van der Waals surface area (Å²) in [5.74, 6) is -1.81. The second-order valence-electron chi connectivity index (χ2n) is 6.65. The van der Waals surface area contributed by atoms with E-state index in [2.05, 4.69) is 10.0 Å². The van der Waals surface area contributed by atoms with Gasteiger partial charge in [-0.2, -0.15) is 0 Å². The topological polar surface area (TPSA) is 122 Å². The number of carboxylic acid groups (broad SMARTS) is 1. The number of sulfonamides is 1. The van der Waals surface area contributed by atoms with E-state index in [1.165, 1.54) is 31.4 Å². The standard InChI is InChI=1S/C22H20N2O6S/c1-14-6-5-7-16(12-14)23-21(25)17-8-3-4-9-18(17)24-31(28,29)20-13-15(22(26)27)10-11-19(20)30-2/h3-13,24H,1-2H3,(H,23,25)(H,26,27). The van der Waals surface area contributed by atoms with Crippen LogP contribution in [0.25, 0.3) is 0 Å². The van der Waals surface area contributed by atoms with Crippen molar-refractivity contribution in [1.82, 2.24) is 0 Å². The van der Waals surface area contributed by atoms with Crippen molar-refractivity contribution in [3.63, 3.8) is 0 Å². The predicted octanol–water partition coefficient (Wildman–Crippen LogP) is 3.75. The number of amides is 1. The quantitative estimate of drug-likeness (QED) is 0.514. The third-order valence-corrected chi connectivity index (χ3v) is 5.78. The van der Waals surface area contributed by atoms with Crippen LogP contribution in [-0.2, 0) is 10.0 Å². The molecule has 9 heteroatoms. The number of methoxy groups -OCH3 is 1. The SMILES string of the molecule is COc1ccc(C(=O)O)cc1S(=O)(=O)Nc1ccccc1C(=O)Nc1cccc(C)c1. The molecule has 3 rings (SSSR count). The molecule has 8 nitrogen and oxygen atoms in total. The number of anilines is 2. The maximum Gasteiger partial charge on any atom is 0.335 e. The van der Waals surface area contributed by atoms with Crippen molar-refractivity contribution in [1.29, 1.82) is 0 Å². The molecule has 0 heterocycles. The molecule has 0 spiro atoms. The van der Waals surface area contributed by atoms with Gasteiger partial charge in [-0.25, -0.2) is 13.2 Å². The monoisotopic (exact) mass is 440 g/mol. The first-order valence-corrected chi connectivity index (χ1v) is 10.6. The molecule has 3 aromatic carbocycles. The van der Waals surface area contributed by atoms with Gasteiger partial charge in [0.2, 0.25) is 0 Å². The molecule has 3 N–H and O–H groups in total. The van der Waals surface area contributed by atoms with E-state index in [4.69, 9.17) is 4.74 Å². The van der Waals surface area contributed by atoms with Crippen LogP contribution in [-0.4, -0.2) is 32.5 Å². The van der Waals surface area contributed by atoms with Gasteiger partial charge in [-0.05, 0) is 55.0 Å². The highest BCUT2D eigenvalue weighted by Crippen LogP contribution is 2.28. The molecular weight excluding hydrogens is 420 g/mol. The van der Waals surface area contributed by atoms with Crippen LogP contribution >= 0.6 is 0 Å². The van der Waals surface area contributed by atoms with Gasteiger partial charge in [-0.3, -0.25) is 9.52 Å². The maximum atomic E-state index is 13.0. The number of para-hydroxylation sites is 1. The second kappa shape index (κ2) is 8.88. The highest BCUT2D eigenvalue weighted by Gasteiger charge is 2.24. The van der Waals surface area contributed by atoms with Gasteiger partial charge in [-0.15, -0.1) is 0 Å². The molecule has 0 fully saturated rings. The summed E-state index contributed by atoms with van der Waals surface area (Å²) in [5.41, 5.74) is 1.44. The zero-order valence-electron chi connectivity index (χ0n) is 16.7. The van der Waals surface area contributed by atoms with Crippen LogP contribution in [0.5, 0.6) is 5.75 Å². The van der Waals surface area contributed by atoms with Crippen molar-refractivity contribution in [3.05, 3.63) is 83.4 Å². The van der Waals surface area contributed by atoms with Crippen molar-refractivity contribution in [2.24, 2.45) is 0 Å². The minimum absolute atomic E-state index is 0.0285. The molecular formula is C22H20N2O6S. The van der Waals surface area contributed by atoms with Crippen molar-refractivity contribution < 1.29 is 27.9 Å². The molecule has 0 aromatic heterocycles. The van der Waals surface area contributed by atoms with Crippen LogP contribution in [0.2, 0.25) is 0 Å². The lowest BCUT2D eigenvalue weighted by Crippen LogP contribution is -2.19. The summed E-state index contributed by atoms with van der Waals surface area (Å²) in [6.07, 6.45) is 0. The Hall–Kier alpha value is -3.85. The Balaban J connectivity index is 1.96. The number of carboxylic acids is 1. The van der Waals surface area contributed by atoms with Gasteiger partial charge in [0.15, 0.2) is 0 Å². The number of benzene rings is 3. The zero-order chi connectivity index (χ0) is 22.6. The van der Waals surface area contributed by atoms with E-state index >= 15 is 0 Å². The van der Waals surface area contributed by atoms with Crippen LogP contribution in [0.3, 0.4) is 0 Å². The van der Waals surface area contributed by atoms with Crippen LogP contribution in [0, 0.1) is 6.92 Å². The molecule has 0 aliphatic rings. The van der Waals surface area contributed by atoms with Crippen LogP contribution in [0.15, 0.2) is 71.6 Å². The van der Waals surface area contributed by atoms with Crippen molar-refractivity contribution in [2.75, 3.05) is 17.1 Å². The Labute approximate surface area is 179 Å². The molecule has 0 radical (unpaired) electrons. The number of carbonyl (C=O) groups is 2. The number of rotatable bonds is 7. The number of ether oxygens (including phenoxy) is 1. The molecule has 0 aliphatic heterocycles. The molecule has 0 saturated heterocycles. The minimum Gasteiger partial charge on any atom is -0.495 e. The Kier molecular flexibility index (Phi) is 6.26. The van der Waals surface area contributed by atoms with E-state index in [1.54, 1.807) is 30.3 Å². The molecule has 0 atom stereocenters. The fourth-order valence-electron chi connectivity index (χ4n) is 2.91. The zero-order valence-corrected chi connectivity index (χ0v) is 17.6. The van der Waals surface area contributed by atoms with Gasteiger partial charge < -0.3 is 15.2 Å². The molecule has 1 amide bonds. The molecule has 31 heavy (non-hydrogen) atoms. The average Bonchev–Trinajstić information content (AvgIpc) is 2.73. The third-order valence-electron chi connectivity index (χ3n) is 4.39. The van der Waals surface area contributed by atoms with Crippen molar-refractivity contribution in [3.8, 4) is 5.75 Å². The second-order valence-corrected chi connectivity index (χ2v) is 8.30. The molecule has 0 saturated carbocycles. The van der Waals surface area contributed by atoms with Gasteiger partial charge >= 0.3 is 5.97 Å². The van der Waals surface area contributed by atoms with Crippen LogP contribution in [0.1, 0.15) is 26.3 Å². The molecule has 3 aromatic rings. The largest absolute Gasteiger partial charge is 0.495 e. The first kappa shape index (κ1) is 21.8. The number of aryl methyl sites for hydroxylation is 1. The number of hydrogen-bond acceptors (Lipinski definition) is 5. The smallest absolute Gasteiger partial charge is 0.335 e. The first-order chi connectivity index (χ1) is 14.7. The number of aromatic carboxylic acids is 1. The summed E-state index contributed by atoms with van der Waals surface area (Å²) in [4.78, 5) is 23.7. The molecule has 160 valence electrons. The summed E-state index contributed by atoms with van der Waals surface area (Å²) < 4.78 is 33.5. The Bertz CT molecular complexity index is 1250. The van der Waals surface area contributed by atoms with E-state index in [9.17, 15) is 23.1 Å². The lowest BCUT2D eigenvalue weighted by atomic mass is 10.1. The van der Waals surface area contributed by atoms with Gasteiger partial charge in [0.25, 0.3) is 15.9 Å². The Morgan fingerprint density at radius 2 is 1.71 bits per heavy atom. The third kappa shape index (κ3) is 5.01. The van der Waals surface area contributed by atoms with Gasteiger partial charge in [0.05, 0.1) is 23.9 Å². The summed E-state index contributed by atoms with van der Waals surface area (Å²) in [6, 6.07) is 16.8. The summed E-state index contributed by atoms with van der Waals surface area (Å²) in [7, 11) is -2.99. The molecule has 0 unspecified atom stereocenters. The van der Waals surface area contributed by atoms with Gasteiger partial charge in [-0.1, -0.05) is 24.3 Å². The summed E-state index contributed by atoms with van der Waals surface area (Å²) in [5, 5.41) is 11.9. The fraction of sp³-hybridized carbons (Fsp3) is 0.0909. The lowest BCUT2D eigenvalue weighted by molar-refractivity contribution is 0.0696. The van der Waals surface area contributed by atoms with Crippen LogP contribution < -0.4 is 14.8 Å². The number of nitrogens with one attached hydrogen (secondary N) is 2. The van der Waals surface area contributed by atoms with Crippen molar-refractivity contribution in [2.45, 2.75) is 11.8 Å². The van der Waals surface area contributed by atoms with Gasteiger partial charge in [0.1, 0.15) is 10.6 Å². The van der Waals surface area contributed by atoms with Crippen molar-refractivity contribution >= 4 is 33.3 Å². The summed E-state index contributed by atoms with van der Waals surface area (Å²) >= 11 is 0. The van der Waals surface area contributed by atoms with E-state index < -0.39 is 21.9 Å². The Morgan fingerprint density at radius 1 is 0.968 bits per heavy atom. The fourth-order valence-corrected chi connectivity index (χ4v) is 4.19. The first-order valence-electron chi connectivity index (χ1n) is 9.12. The lowest BCUT2D eigenvalue weighted by Gasteiger charge is -2.15. The molecule has 0 bridgehead atoms. The van der Waals surface area contributed by atoms with Crippen LogP contribution in [0.4, 0.5) is 11.4 Å². The highest BCUT2D eigenvalue weighted by atomic mass is 32.2. The van der Waals surface area contributed by atoms with E-state index in [0.29, 0.717) is 5.69 Å². The van der Waals surface area contributed by atoms with E-state index in [-0.39, 0.29) is 27.5 Å². The summed E-state index contributed by atoms with van der Waals surface area (Å²) in [6.45, 7) is 1.89. The highest BCUT2D eigenvalue weighted by molar-refractivity contribution is 7.92. The Morgan fingerprint density at radius 3 is 2.39 bits per heavy atom. The normalized spacial score (nSPS) is 10.9.